The molecule has 108 valence electrons. The van der Waals surface area contributed by atoms with Crippen molar-refractivity contribution in [2.24, 2.45) is 22.4 Å². The normalized spacial score (nSPS) is 48.8. The molecule has 2 bridgehead atoms. The molecule has 0 aromatic carbocycles. The van der Waals surface area contributed by atoms with E-state index in [1.54, 1.807) is 0 Å². The molecule has 2 aliphatic carbocycles. The Hall–Kier alpha value is -1.45. The minimum absolute atomic E-state index is 0.0649. The van der Waals surface area contributed by atoms with E-state index in [2.05, 4.69) is 31.1 Å². The number of azo groups is 1. The maximum Gasteiger partial charge on any atom is 0.210 e. The van der Waals surface area contributed by atoms with Crippen molar-refractivity contribution in [3.05, 3.63) is 29.5 Å². The lowest BCUT2D eigenvalue weighted by molar-refractivity contribution is -0.615. The monoisotopic (exact) mass is 274 g/mol. The number of Topliss-reactive ketones (excluding diaryl/α,β-unsaturated/α-hetero) is 1. The van der Waals surface area contributed by atoms with Gasteiger partial charge in [0.15, 0.2) is 0 Å². The van der Waals surface area contributed by atoms with Crippen LogP contribution in [0.3, 0.4) is 0 Å². The van der Waals surface area contributed by atoms with E-state index in [4.69, 9.17) is 0 Å². The minimum Gasteiger partial charge on any atom is -0.599 e. The maximum absolute atomic E-state index is 12.7. The van der Waals surface area contributed by atoms with Crippen molar-refractivity contribution in [3.63, 3.8) is 0 Å². The lowest BCUT2D eigenvalue weighted by Gasteiger charge is -2.33. The highest BCUT2D eigenvalue weighted by Gasteiger charge is 2.80. The first-order valence-corrected chi connectivity index (χ1v) is 7.31. The number of hydroxylamine groups is 1. The molecule has 0 aromatic rings. The number of hydrogen-bond donors (Lipinski definition) is 0. The summed E-state index contributed by atoms with van der Waals surface area (Å²) in [7, 11) is 0. The van der Waals surface area contributed by atoms with Crippen LogP contribution >= 0.6 is 0 Å². The van der Waals surface area contributed by atoms with Crippen LogP contribution in [0.5, 0.6) is 0 Å². The summed E-state index contributed by atoms with van der Waals surface area (Å²) in [6, 6.07) is 0. The first-order chi connectivity index (χ1) is 9.27. The predicted molar refractivity (Wildman–Crippen MR) is 76.1 cm³/mol. The zero-order chi connectivity index (χ0) is 14.8. The standard InChI is InChI=1S/C16H22N2O2/c1-14(2)15(3)13-11(16(14,4)18(20)17-15)9-7-5-6-8-10-12(13)19/h6-9,11,13H,5,10H2,1-4H3/b8-6-,9-7+/t11-,13-,15+,16-/m0/s1. The van der Waals surface area contributed by atoms with Crippen molar-refractivity contribution in [1.82, 2.24) is 0 Å². The van der Waals surface area contributed by atoms with Crippen LogP contribution in [-0.4, -0.2) is 21.7 Å². The van der Waals surface area contributed by atoms with E-state index < -0.39 is 11.1 Å². The van der Waals surface area contributed by atoms with Crippen LogP contribution in [0.4, 0.5) is 0 Å². The summed E-state index contributed by atoms with van der Waals surface area (Å²) in [5.74, 6) is -0.0643. The third-order valence-corrected chi connectivity index (χ3v) is 6.29. The summed E-state index contributed by atoms with van der Waals surface area (Å²) in [6.45, 7) is 8.08. The van der Waals surface area contributed by atoms with Crippen LogP contribution in [0.1, 0.15) is 40.5 Å². The van der Waals surface area contributed by atoms with Gasteiger partial charge < -0.3 is 5.21 Å². The fourth-order valence-electron chi connectivity index (χ4n) is 4.38. The molecule has 4 heteroatoms. The van der Waals surface area contributed by atoms with E-state index in [1.807, 2.05) is 26.0 Å². The van der Waals surface area contributed by atoms with E-state index >= 15 is 0 Å². The van der Waals surface area contributed by atoms with Gasteiger partial charge in [-0.05, 0) is 18.5 Å². The van der Waals surface area contributed by atoms with Gasteiger partial charge >= 0.3 is 0 Å². The molecule has 0 radical (unpaired) electrons. The third-order valence-electron chi connectivity index (χ3n) is 6.29. The summed E-state index contributed by atoms with van der Waals surface area (Å²) >= 11 is 0. The van der Waals surface area contributed by atoms with Crippen LogP contribution in [0, 0.1) is 22.5 Å². The van der Waals surface area contributed by atoms with Gasteiger partial charge in [-0.2, -0.15) is 0 Å². The molecule has 0 N–H and O–H groups in total. The van der Waals surface area contributed by atoms with Gasteiger partial charge in [-0.15, -0.1) is 0 Å². The molecule has 1 fully saturated rings. The highest BCUT2D eigenvalue weighted by Crippen LogP contribution is 2.66. The second-order valence-corrected chi connectivity index (χ2v) is 7.10. The van der Waals surface area contributed by atoms with E-state index in [9.17, 15) is 10.0 Å². The average Bonchev–Trinajstić information content (AvgIpc) is 2.64. The topological polar surface area (TPSA) is 55.5 Å². The van der Waals surface area contributed by atoms with Crippen molar-refractivity contribution in [1.29, 1.82) is 0 Å². The maximum atomic E-state index is 12.7. The van der Waals surface area contributed by atoms with Crippen molar-refractivity contribution in [2.75, 3.05) is 0 Å². The lowest BCUT2D eigenvalue weighted by Crippen LogP contribution is -2.48. The first kappa shape index (κ1) is 13.5. The fourth-order valence-corrected chi connectivity index (χ4v) is 4.38. The van der Waals surface area contributed by atoms with Crippen molar-refractivity contribution in [2.45, 2.75) is 51.6 Å². The van der Waals surface area contributed by atoms with Crippen LogP contribution < -0.4 is 0 Å². The van der Waals surface area contributed by atoms with E-state index in [1.165, 1.54) is 0 Å². The summed E-state index contributed by atoms with van der Waals surface area (Å²) in [6.07, 6.45) is 9.36. The van der Waals surface area contributed by atoms with Crippen LogP contribution in [-0.2, 0) is 4.79 Å². The van der Waals surface area contributed by atoms with Gasteiger partial charge in [0, 0.05) is 13.3 Å². The molecule has 3 aliphatic rings. The minimum atomic E-state index is -0.650. The second-order valence-electron chi connectivity index (χ2n) is 7.10. The number of rotatable bonds is 0. The average molecular weight is 274 g/mol. The molecule has 4 nitrogen and oxygen atoms in total. The van der Waals surface area contributed by atoms with Crippen molar-refractivity contribution >= 4 is 5.78 Å². The number of hydrogen-bond acceptors (Lipinski definition) is 3. The van der Waals surface area contributed by atoms with Gasteiger partial charge in [0.2, 0.25) is 5.54 Å². The summed E-state index contributed by atoms with van der Waals surface area (Å²) in [5.41, 5.74) is -1.60. The summed E-state index contributed by atoms with van der Waals surface area (Å²) in [5, 5.41) is 16.8. The van der Waals surface area contributed by atoms with Crippen LogP contribution in [0.25, 0.3) is 0 Å². The molecule has 1 saturated carbocycles. The van der Waals surface area contributed by atoms with Gasteiger partial charge in [0.1, 0.15) is 11.3 Å². The number of carbonyl (C=O) groups is 1. The molecule has 0 spiro atoms. The van der Waals surface area contributed by atoms with Gasteiger partial charge in [0.25, 0.3) is 0 Å². The number of ketones is 1. The molecule has 1 heterocycles. The molecule has 0 amide bonds. The predicted octanol–water partition coefficient (Wildman–Crippen LogP) is 3.23. The summed E-state index contributed by atoms with van der Waals surface area (Å²) in [4.78, 5) is 13.5. The van der Waals surface area contributed by atoms with Crippen LogP contribution in [0.2, 0.25) is 0 Å². The molecule has 1 aliphatic heterocycles. The van der Waals surface area contributed by atoms with Crippen molar-refractivity contribution < 1.29 is 9.66 Å². The SMILES string of the molecule is CC1(C)[C@]2(C)N=[N+]([O-])[C@@]1(C)[C@H]1/C=C/C/C=C\CC(=O)[C@H]12. The largest absolute Gasteiger partial charge is 0.599 e. The Bertz CT molecular complexity index is 561. The smallest absolute Gasteiger partial charge is 0.210 e. The zero-order valence-electron chi connectivity index (χ0n) is 12.6. The first-order valence-electron chi connectivity index (χ1n) is 7.31. The van der Waals surface area contributed by atoms with E-state index in [0.29, 0.717) is 6.42 Å². The molecule has 4 atom stereocenters. The summed E-state index contributed by atoms with van der Waals surface area (Å²) < 4.78 is 0. The fraction of sp³-hybridized carbons (Fsp3) is 0.688. The Balaban J connectivity index is 2.21. The lowest BCUT2D eigenvalue weighted by atomic mass is 9.67. The molecular formula is C16H22N2O2. The Morgan fingerprint density at radius 2 is 1.95 bits per heavy atom. The Kier molecular flexibility index (Phi) is 2.57. The Morgan fingerprint density at radius 3 is 2.65 bits per heavy atom. The number of allylic oxidation sites excluding steroid dienone is 3. The second kappa shape index (κ2) is 3.80. The number of carbonyl (C=O) groups excluding carboxylic acids is 1. The van der Waals surface area contributed by atoms with Crippen molar-refractivity contribution in [3.8, 4) is 0 Å². The van der Waals surface area contributed by atoms with Gasteiger partial charge in [-0.3, -0.25) is 4.79 Å². The molecule has 0 saturated heterocycles. The number of nitrogens with zero attached hydrogens (tertiary/aromatic N) is 2. The van der Waals surface area contributed by atoms with E-state index in [0.717, 1.165) is 11.3 Å². The quantitative estimate of drug-likeness (QED) is 0.387. The van der Waals surface area contributed by atoms with Crippen LogP contribution in [0.15, 0.2) is 29.4 Å². The van der Waals surface area contributed by atoms with Gasteiger partial charge in [-0.25, -0.2) is 0 Å². The Morgan fingerprint density at radius 1 is 1.25 bits per heavy atom. The van der Waals surface area contributed by atoms with Gasteiger partial charge in [-0.1, -0.05) is 43.0 Å². The van der Waals surface area contributed by atoms with E-state index in [-0.39, 0.29) is 23.0 Å². The zero-order valence-corrected chi connectivity index (χ0v) is 12.6. The molecule has 0 unspecified atom stereocenters. The highest BCUT2D eigenvalue weighted by atomic mass is 16.5. The highest BCUT2D eigenvalue weighted by molar-refractivity contribution is 5.85. The Labute approximate surface area is 119 Å². The number of fused-ring (bicyclic) bond motifs is 5. The van der Waals surface area contributed by atoms with Gasteiger partial charge in [0.05, 0.1) is 17.3 Å². The molecule has 20 heavy (non-hydrogen) atoms. The third kappa shape index (κ3) is 1.25. The molecular weight excluding hydrogens is 252 g/mol. The molecule has 0 aromatic heterocycles. The molecule has 3 rings (SSSR count).